The van der Waals surface area contributed by atoms with Gasteiger partial charge in [0.05, 0.1) is 0 Å². The largest absolute Gasteiger partial charge is 0.356 e. The number of carbonyl (C=O) groups is 1. The summed E-state index contributed by atoms with van der Waals surface area (Å²) in [6.07, 6.45) is 2.48. The van der Waals surface area contributed by atoms with E-state index < -0.39 is 0 Å². The number of carbonyl (C=O) groups excluding carboxylic acids is 1. The Morgan fingerprint density at radius 2 is 1.65 bits per heavy atom. The van der Waals surface area contributed by atoms with Gasteiger partial charge in [0.25, 0.3) is 0 Å². The summed E-state index contributed by atoms with van der Waals surface area (Å²) in [4.78, 5) is 11.8. The van der Waals surface area contributed by atoms with Crippen LogP contribution in [0.15, 0.2) is 42.5 Å². The van der Waals surface area contributed by atoms with Crippen LogP contribution >= 0.6 is 23.2 Å². The van der Waals surface area contributed by atoms with Crippen molar-refractivity contribution in [3.63, 3.8) is 0 Å². The lowest BCUT2D eigenvalue weighted by molar-refractivity contribution is -0.121. The first-order valence-corrected chi connectivity index (χ1v) is 8.26. The molecule has 2 aromatic carbocycles. The highest BCUT2D eigenvalue weighted by Crippen LogP contribution is 2.25. The highest BCUT2D eigenvalue weighted by molar-refractivity contribution is 6.36. The summed E-state index contributed by atoms with van der Waals surface area (Å²) < 4.78 is 12.8. The molecule has 0 fully saturated rings. The van der Waals surface area contributed by atoms with E-state index in [-0.39, 0.29) is 11.7 Å². The van der Waals surface area contributed by atoms with Gasteiger partial charge in [-0.3, -0.25) is 4.79 Å². The molecule has 0 aliphatic carbocycles. The Morgan fingerprint density at radius 3 is 2.30 bits per heavy atom. The van der Waals surface area contributed by atoms with Gasteiger partial charge >= 0.3 is 0 Å². The molecule has 0 aromatic heterocycles. The molecule has 0 unspecified atom stereocenters. The van der Waals surface area contributed by atoms with Gasteiger partial charge in [-0.25, -0.2) is 4.39 Å². The molecule has 0 atom stereocenters. The lowest BCUT2D eigenvalue weighted by Crippen LogP contribution is -2.25. The molecule has 2 rings (SSSR count). The van der Waals surface area contributed by atoms with Crippen LogP contribution in [0.2, 0.25) is 10.0 Å². The Balaban J connectivity index is 1.68. The standard InChI is InChI=1S/C18H18Cl2FNO/c19-16-4-1-5-17(20)15(16)10-11-18(23)22-12-2-3-13-6-8-14(21)9-7-13/h1,4-9H,2-3,10-12H2,(H,22,23). The van der Waals surface area contributed by atoms with Gasteiger partial charge in [-0.1, -0.05) is 41.4 Å². The Kier molecular flexibility index (Phi) is 6.87. The first-order chi connectivity index (χ1) is 11.1. The Bertz CT molecular complexity index is 638. The van der Waals surface area contributed by atoms with Crippen molar-refractivity contribution in [1.29, 1.82) is 0 Å². The molecule has 0 saturated heterocycles. The Morgan fingerprint density at radius 1 is 1.00 bits per heavy atom. The number of hydrogen-bond donors (Lipinski definition) is 1. The minimum atomic E-state index is -0.236. The van der Waals surface area contributed by atoms with Crippen LogP contribution in [0.5, 0.6) is 0 Å². The second-order valence-electron chi connectivity index (χ2n) is 5.28. The molecule has 1 N–H and O–H groups in total. The maximum absolute atomic E-state index is 12.8. The van der Waals surface area contributed by atoms with E-state index in [0.29, 0.717) is 29.4 Å². The molecule has 2 nitrogen and oxygen atoms in total. The monoisotopic (exact) mass is 353 g/mol. The van der Waals surface area contributed by atoms with Crippen molar-refractivity contribution in [2.75, 3.05) is 6.54 Å². The number of halogens is 3. The first kappa shape index (κ1) is 17.8. The lowest BCUT2D eigenvalue weighted by Gasteiger charge is -2.08. The third-order valence-electron chi connectivity index (χ3n) is 3.54. The maximum atomic E-state index is 12.8. The number of aryl methyl sites for hydroxylation is 1. The van der Waals surface area contributed by atoms with Crippen LogP contribution in [-0.4, -0.2) is 12.5 Å². The van der Waals surface area contributed by atoms with E-state index in [4.69, 9.17) is 23.2 Å². The zero-order chi connectivity index (χ0) is 16.7. The number of rotatable bonds is 7. The van der Waals surface area contributed by atoms with Gasteiger partial charge in [0.2, 0.25) is 5.91 Å². The summed E-state index contributed by atoms with van der Waals surface area (Å²) in [5.74, 6) is -0.264. The van der Waals surface area contributed by atoms with Crippen LogP contribution < -0.4 is 5.32 Å². The van der Waals surface area contributed by atoms with E-state index in [2.05, 4.69) is 5.32 Å². The highest BCUT2D eigenvalue weighted by atomic mass is 35.5. The lowest BCUT2D eigenvalue weighted by atomic mass is 10.1. The molecule has 0 heterocycles. The van der Waals surface area contributed by atoms with Crippen molar-refractivity contribution in [1.82, 2.24) is 5.32 Å². The summed E-state index contributed by atoms with van der Waals surface area (Å²) in [5, 5.41) is 4.04. The van der Waals surface area contributed by atoms with Crippen molar-refractivity contribution in [3.05, 3.63) is 69.5 Å². The summed E-state index contributed by atoms with van der Waals surface area (Å²) in [5.41, 5.74) is 1.86. The van der Waals surface area contributed by atoms with Gasteiger partial charge in [0.15, 0.2) is 0 Å². The molecule has 23 heavy (non-hydrogen) atoms. The SMILES string of the molecule is O=C(CCc1c(Cl)cccc1Cl)NCCCc1ccc(F)cc1. The zero-order valence-electron chi connectivity index (χ0n) is 12.6. The van der Waals surface area contributed by atoms with Crippen molar-refractivity contribution in [2.24, 2.45) is 0 Å². The van der Waals surface area contributed by atoms with E-state index in [9.17, 15) is 9.18 Å². The van der Waals surface area contributed by atoms with Crippen LogP contribution in [0, 0.1) is 5.82 Å². The van der Waals surface area contributed by atoms with Gasteiger partial charge in [0, 0.05) is 23.0 Å². The van der Waals surface area contributed by atoms with E-state index in [0.717, 1.165) is 24.0 Å². The van der Waals surface area contributed by atoms with Gasteiger partial charge in [-0.05, 0) is 54.7 Å². The average molecular weight is 354 g/mol. The number of amides is 1. The topological polar surface area (TPSA) is 29.1 Å². The van der Waals surface area contributed by atoms with Gasteiger partial charge in [-0.15, -0.1) is 0 Å². The quantitative estimate of drug-likeness (QED) is 0.710. The molecule has 1 amide bonds. The molecular formula is C18H18Cl2FNO. The molecule has 0 radical (unpaired) electrons. The molecule has 0 spiro atoms. The first-order valence-electron chi connectivity index (χ1n) is 7.50. The zero-order valence-corrected chi connectivity index (χ0v) is 14.1. The highest BCUT2D eigenvalue weighted by Gasteiger charge is 2.08. The van der Waals surface area contributed by atoms with E-state index in [1.165, 1.54) is 12.1 Å². The van der Waals surface area contributed by atoms with Crippen LogP contribution in [0.25, 0.3) is 0 Å². The smallest absolute Gasteiger partial charge is 0.220 e. The van der Waals surface area contributed by atoms with Crippen molar-refractivity contribution >= 4 is 29.1 Å². The van der Waals surface area contributed by atoms with Crippen LogP contribution in [0.4, 0.5) is 4.39 Å². The number of benzene rings is 2. The van der Waals surface area contributed by atoms with Gasteiger partial charge in [0.1, 0.15) is 5.82 Å². The van der Waals surface area contributed by atoms with E-state index >= 15 is 0 Å². The third kappa shape index (κ3) is 5.85. The van der Waals surface area contributed by atoms with Gasteiger partial charge < -0.3 is 5.32 Å². The predicted octanol–water partition coefficient (Wildman–Crippen LogP) is 4.81. The fourth-order valence-corrected chi connectivity index (χ4v) is 2.86. The molecule has 122 valence electrons. The van der Waals surface area contributed by atoms with Crippen LogP contribution in [0.3, 0.4) is 0 Å². The minimum absolute atomic E-state index is 0.0277. The number of nitrogens with one attached hydrogen (secondary N) is 1. The van der Waals surface area contributed by atoms with E-state index in [1.807, 2.05) is 0 Å². The molecular weight excluding hydrogens is 336 g/mol. The summed E-state index contributed by atoms with van der Waals surface area (Å²) in [6, 6.07) is 11.7. The predicted molar refractivity (Wildman–Crippen MR) is 92.5 cm³/mol. The van der Waals surface area contributed by atoms with Crippen LogP contribution in [-0.2, 0) is 17.6 Å². The normalized spacial score (nSPS) is 10.6. The molecule has 0 bridgehead atoms. The maximum Gasteiger partial charge on any atom is 0.220 e. The Labute approximate surface area is 145 Å². The minimum Gasteiger partial charge on any atom is -0.356 e. The Hall–Kier alpha value is -1.58. The van der Waals surface area contributed by atoms with Crippen LogP contribution in [0.1, 0.15) is 24.0 Å². The second-order valence-corrected chi connectivity index (χ2v) is 6.09. The van der Waals surface area contributed by atoms with Gasteiger partial charge in [-0.2, -0.15) is 0 Å². The molecule has 0 aliphatic rings. The molecule has 2 aromatic rings. The fourth-order valence-electron chi connectivity index (χ4n) is 2.27. The molecule has 0 aliphatic heterocycles. The van der Waals surface area contributed by atoms with E-state index in [1.54, 1.807) is 30.3 Å². The summed E-state index contributed by atoms with van der Waals surface area (Å²) in [6.45, 7) is 0.590. The summed E-state index contributed by atoms with van der Waals surface area (Å²) in [7, 11) is 0. The third-order valence-corrected chi connectivity index (χ3v) is 4.25. The number of hydrogen-bond acceptors (Lipinski definition) is 1. The summed E-state index contributed by atoms with van der Waals surface area (Å²) >= 11 is 12.2. The fraction of sp³-hybridized carbons (Fsp3) is 0.278. The average Bonchev–Trinajstić information content (AvgIpc) is 2.53. The second kappa shape index (κ2) is 8.90. The van der Waals surface area contributed by atoms with Crippen molar-refractivity contribution in [2.45, 2.75) is 25.7 Å². The molecule has 0 saturated carbocycles. The molecule has 5 heteroatoms. The van der Waals surface area contributed by atoms with Crippen molar-refractivity contribution < 1.29 is 9.18 Å². The van der Waals surface area contributed by atoms with Crippen molar-refractivity contribution in [3.8, 4) is 0 Å².